The van der Waals surface area contributed by atoms with Crippen LogP contribution in [0.2, 0.25) is 0 Å². The van der Waals surface area contributed by atoms with Crippen LogP contribution in [0.5, 0.6) is 0 Å². The number of rotatable bonds is 2. The Labute approximate surface area is 173 Å². The van der Waals surface area contributed by atoms with Crippen LogP contribution in [0.4, 0.5) is 4.79 Å². The Bertz CT molecular complexity index is 1090. The highest BCUT2D eigenvalue weighted by Crippen LogP contribution is 2.62. The lowest BCUT2D eigenvalue weighted by Gasteiger charge is -2.57. The Kier molecular flexibility index (Phi) is 3.79. The van der Waals surface area contributed by atoms with Crippen LogP contribution in [0.15, 0.2) is 77.7 Å². The maximum atomic E-state index is 13.3. The van der Waals surface area contributed by atoms with Gasteiger partial charge in [-0.25, -0.2) is 4.79 Å². The summed E-state index contributed by atoms with van der Waals surface area (Å²) in [4.78, 5) is 26.1. The molecule has 1 saturated heterocycles. The van der Waals surface area contributed by atoms with E-state index >= 15 is 0 Å². The second kappa shape index (κ2) is 6.43. The number of nitrogens with zero attached hydrogens (tertiary/aromatic N) is 2. The fraction of sp³-hybridized carbons (Fsp3) is 0.333. The Morgan fingerprint density at radius 3 is 2.77 bits per heavy atom. The van der Waals surface area contributed by atoms with Crippen molar-refractivity contribution < 1.29 is 14.3 Å². The standard InChI is InChI=1S/C24H19N2O4/c27-23-21-19-15-9-4-5-10-17(15)20(18-12-6-11-16(18)19)22(21)26(29)25(23)24(28)30-13-14-7-2-1-3-8-14/h1-5,7-8,10-12,16-22H,13H2/q-1. The Hall–Kier alpha value is -3.14. The Morgan fingerprint density at radius 1 is 1.13 bits per heavy atom. The van der Waals surface area contributed by atoms with Gasteiger partial charge in [0.2, 0.25) is 0 Å². The zero-order valence-corrected chi connectivity index (χ0v) is 16.0. The Balaban J connectivity index is 1.33. The van der Waals surface area contributed by atoms with E-state index in [0.717, 1.165) is 11.1 Å². The first-order chi connectivity index (χ1) is 14.7. The number of imide groups is 1. The van der Waals surface area contributed by atoms with E-state index in [-0.39, 0.29) is 36.2 Å². The molecule has 0 N–H and O–H groups in total. The zero-order valence-electron chi connectivity index (χ0n) is 16.0. The first-order valence-corrected chi connectivity index (χ1v) is 10.2. The molecule has 2 amide bonds. The van der Waals surface area contributed by atoms with Crippen molar-refractivity contribution in [3.05, 3.63) is 88.5 Å². The number of hydroxylamine groups is 1. The molecule has 2 bridgehead atoms. The first-order valence-electron chi connectivity index (χ1n) is 10.2. The van der Waals surface area contributed by atoms with Crippen molar-refractivity contribution in [1.82, 2.24) is 10.2 Å². The first kappa shape index (κ1) is 17.7. The molecule has 1 heterocycles. The molecule has 1 aromatic carbocycles. The number of carbonyl (C=O) groups excluding carboxylic acids is 2. The fourth-order valence-corrected chi connectivity index (χ4v) is 6.06. The number of amides is 2. The molecule has 1 aromatic rings. The maximum absolute atomic E-state index is 13.3. The lowest BCUT2D eigenvalue weighted by atomic mass is 9.48. The summed E-state index contributed by atoms with van der Waals surface area (Å²) in [6, 6.07) is 8.61. The third kappa shape index (κ3) is 2.28. The predicted octanol–water partition coefficient (Wildman–Crippen LogP) is 3.35. The third-order valence-electron chi connectivity index (χ3n) is 7.15. The van der Waals surface area contributed by atoms with Crippen molar-refractivity contribution in [3.8, 4) is 0 Å². The van der Waals surface area contributed by atoms with Gasteiger partial charge in [-0.1, -0.05) is 42.5 Å². The summed E-state index contributed by atoms with van der Waals surface area (Å²) >= 11 is 0. The van der Waals surface area contributed by atoms with E-state index in [1.165, 1.54) is 0 Å². The van der Waals surface area contributed by atoms with E-state index in [1.807, 2.05) is 54.6 Å². The van der Waals surface area contributed by atoms with E-state index < -0.39 is 24.0 Å². The molecule has 6 nitrogen and oxygen atoms in total. The number of ether oxygens (including phenoxy) is 1. The van der Waals surface area contributed by atoms with Crippen molar-refractivity contribution in [2.24, 2.45) is 35.5 Å². The normalized spacial score (nSPS) is 37.2. The summed E-state index contributed by atoms with van der Waals surface area (Å²) in [7, 11) is 0. The predicted molar refractivity (Wildman–Crippen MR) is 107 cm³/mol. The van der Waals surface area contributed by atoms with Gasteiger partial charge in [0, 0.05) is 17.9 Å². The summed E-state index contributed by atoms with van der Waals surface area (Å²) in [5, 5.41) is 14.5. The molecule has 150 valence electrons. The van der Waals surface area contributed by atoms with Crippen LogP contribution >= 0.6 is 0 Å². The summed E-state index contributed by atoms with van der Waals surface area (Å²) in [5.74, 6) is -0.982. The largest absolute Gasteiger partial charge is 0.766 e. The number of carbonyl (C=O) groups is 2. The lowest BCUT2D eigenvalue weighted by molar-refractivity contribution is -0.136. The van der Waals surface area contributed by atoms with E-state index in [1.54, 1.807) is 0 Å². The number of hydrazine groups is 1. The van der Waals surface area contributed by atoms with Gasteiger partial charge in [0.25, 0.3) is 5.91 Å². The minimum absolute atomic E-state index is 0.00939. The van der Waals surface area contributed by atoms with Gasteiger partial charge >= 0.3 is 6.09 Å². The van der Waals surface area contributed by atoms with Crippen LogP contribution < -0.4 is 0 Å². The molecule has 0 aromatic heterocycles. The molecule has 30 heavy (non-hydrogen) atoms. The smallest absolute Gasteiger partial charge is 0.431 e. The average Bonchev–Trinajstić information content (AvgIpc) is 3.37. The van der Waals surface area contributed by atoms with Gasteiger partial charge in [-0.2, -0.15) is 5.01 Å². The van der Waals surface area contributed by atoms with Crippen molar-refractivity contribution in [1.29, 1.82) is 0 Å². The van der Waals surface area contributed by atoms with Crippen molar-refractivity contribution in [3.63, 3.8) is 0 Å². The molecule has 7 rings (SSSR count). The molecule has 6 heteroatoms. The van der Waals surface area contributed by atoms with Crippen molar-refractivity contribution >= 4 is 12.0 Å². The minimum atomic E-state index is -0.910. The van der Waals surface area contributed by atoms with Crippen LogP contribution in [0.3, 0.4) is 0 Å². The summed E-state index contributed by atoms with van der Waals surface area (Å²) in [6.45, 7) is 0.00939. The minimum Gasteiger partial charge on any atom is -0.766 e. The molecule has 7 atom stereocenters. The Morgan fingerprint density at radius 2 is 1.93 bits per heavy atom. The zero-order chi connectivity index (χ0) is 20.4. The monoisotopic (exact) mass is 399 g/mol. The quantitative estimate of drug-likeness (QED) is 0.713. The second-order valence-corrected chi connectivity index (χ2v) is 8.44. The van der Waals surface area contributed by atoms with Crippen LogP contribution in [0.25, 0.3) is 0 Å². The SMILES string of the molecule is O=C(OCc1ccccc1)N1C(=O)C2C3C4=C=CC=CC4C(C4C=C=CC43)C2N1[O-]. The molecular weight excluding hydrogens is 380 g/mol. The van der Waals surface area contributed by atoms with Gasteiger partial charge < -0.3 is 9.94 Å². The summed E-state index contributed by atoms with van der Waals surface area (Å²) in [6.07, 6.45) is 9.03. The summed E-state index contributed by atoms with van der Waals surface area (Å²) in [5.41, 5.74) is 8.41. The lowest BCUT2D eigenvalue weighted by Crippen LogP contribution is -2.59. The number of allylic oxidation sites excluding steroid dienone is 4. The van der Waals surface area contributed by atoms with Crippen LogP contribution in [0, 0.1) is 40.7 Å². The van der Waals surface area contributed by atoms with Gasteiger partial charge in [-0.15, -0.1) is 11.5 Å². The molecular formula is C24H19N2O4-. The van der Waals surface area contributed by atoms with Gasteiger partial charge in [-0.05, 0) is 47.1 Å². The molecule has 3 saturated carbocycles. The highest BCUT2D eigenvalue weighted by Gasteiger charge is 2.66. The molecule has 6 aliphatic rings. The second-order valence-electron chi connectivity index (χ2n) is 8.44. The fourth-order valence-electron chi connectivity index (χ4n) is 6.06. The van der Waals surface area contributed by atoms with Crippen molar-refractivity contribution in [2.75, 3.05) is 0 Å². The number of hydrogen-bond acceptors (Lipinski definition) is 5. The van der Waals surface area contributed by atoms with Gasteiger partial charge in [0.15, 0.2) is 0 Å². The molecule has 4 fully saturated rings. The summed E-state index contributed by atoms with van der Waals surface area (Å²) < 4.78 is 5.32. The third-order valence-corrected chi connectivity index (χ3v) is 7.15. The van der Waals surface area contributed by atoms with Crippen molar-refractivity contribution in [2.45, 2.75) is 12.6 Å². The van der Waals surface area contributed by atoms with E-state index in [0.29, 0.717) is 10.2 Å². The average molecular weight is 399 g/mol. The van der Waals surface area contributed by atoms with Gasteiger partial charge in [0.1, 0.15) is 6.61 Å². The van der Waals surface area contributed by atoms with Crippen LogP contribution in [0.1, 0.15) is 5.56 Å². The van der Waals surface area contributed by atoms with Gasteiger partial charge in [0.05, 0.1) is 5.92 Å². The molecule has 1 aliphatic heterocycles. The molecule has 5 aliphatic carbocycles. The van der Waals surface area contributed by atoms with Crippen LogP contribution in [-0.2, 0) is 16.1 Å². The van der Waals surface area contributed by atoms with E-state index in [4.69, 9.17) is 4.74 Å². The highest BCUT2D eigenvalue weighted by atomic mass is 16.6. The molecule has 0 spiro atoms. The van der Waals surface area contributed by atoms with Gasteiger partial charge in [-0.3, -0.25) is 9.97 Å². The van der Waals surface area contributed by atoms with E-state index in [2.05, 4.69) is 17.5 Å². The van der Waals surface area contributed by atoms with Crippen LogP contribution in [-0.4, -0.2) is 28.2 Å². The highest BCUT2D eigenvalue weighted by molar-refractivity contribution is 5.95. The topological polar surface area (TPSA) is 72.9 Å². The van der Waals surface area contributed by atoms with E-state index in [9.17, 15) is 14.8 Å². The molecule has 7 unspecified atom stereocenters. The molecule has 0 radical (unpaired) electrons. The maximum Gasteiger partial charge on any atom is 0.431 e. The number of hydrogen-bond donors (Lipinski definition) is 0. The number of benzene rings is 1.